The van der Waals surface area contributed by atoms with Gasteiger partial charge >= 0.3 is 5.97 Å². The number of rotatable bonds is 4. The molecule has 0 radical (unpaired) electrons. The summed E-state index contributed by atoms with van der Waals surface area (Å²) in [6.07, 6.45) is 0. The molecule has 2 N–H and O–H groups in total. The Morgan fingerprint density at radius 3 is 2.20 bits per heavy atom. The van der Waals surface area contributed by atoms with Gasteiger partial charge in [-0.2, -0.15) is 0 Å². The van der Waals surface area contributed by atoms with Gasteiger partial charge in [-0.15, -0.1) is 0 Å². The number of carboxylic acid groups (broad SMARTS) is 1. The Morgan fingerprint density at radius 1 is 0.880 bits per heavy atom. The van der Waals surface area contributed by atoms with Crippen LogP contribution in [0, 0.1) is 5.82 Å². The van der Waals surface area contributed by atoms with E-state index < -0.39 is 17.7 Å². The van der Waals surface area contributed by atoms with Crippen LogP contribution >= 0.6 is 0 Å². The van der Waals surface area contributed by atoms with Crippen molar-refractivity contribution >= 4 is 17.6 Å². The van der Waals surface area contributed by atoms with E-state index in [1.54, 1.807) is 6.07 Å². The number of hydrogen-bond donors (Lipinski definition) is 2. The van der Waals surface area contributed by atoms with Gasteiger partial charge < -0.3 is 10.4 Å². The van der Waals surface area contributed by atoms with Crippen molar-refractivity contribution in [1.82, 2.24) is 0 Å². The van der Waals surface area contributed by atoms with Gasteiger partial charge in [0.15, 0.2) is 0 Å². The molecule has 0 unspecified atom stereocenters. The summed E-state index contributed by atoms with van der Waals surface area (Å²) >= 11 is 0. The Bertz CT molecular complexity index is 921. The van der Waals surface area contributed by atoms with Crippen LogP contribution in [0.2, 0.25) is 0 Å². The summed E-state index contributed by atoms with van der Waals surface area (Å²) in [5, 5.41) is 11.6. The third-order valence-electron chi connectivity index (χ3n) is 3.70. The molecule has 0 aliphatic heterocycles. The fourth-order valence-electron chi connectivity index (χ4n) is 2.47. The Labute approximate surface area is 143 Å². The molecule has 5 heteroatoms. The zero-order valence-electron chi connectivity index (χ0n) is 13.1. The standard InChI is InChI=1S/C20H14FNO3/c21-15-8-11-17(13-4-2-1-3-5-13)18(12-15)19(23)22-16-9-6-14(7-10-16)20(24)25/h1-12H,(H,22,23)(H,24,25). The second kappa shape index (κ2) is 6.97. The highest BCUT2D eigenvalue weighted by Gasteiger charge is 2.14. The lowest BCUT2D eigenvalue weighted by atomic mass is 9.99. The molecule has 0 aliphatic carbocycles. The van der Waals surface area contributed by atoms with Crippen LogP contribution in [0.5, 0.6) is 0 Å². The average molecular weight is 335 g/mol. The smallest absolute Gasteiger partial charge is 0.335 e. The molecular weight excluding hydrogens is 321 g/mol. The van der Waals surface area contributed by atoms with Gasteiger partial charge in [0.2, 0.25) is 0 Å². The van der Waals surface area contributed by atoms with Gasteiger partial charge in [0.25, 0.3) is 5.91 Å². The summed E-state index contributed by atoms with van der Waals surface area (Å²) in [6, 6.07) is 19.0. The third-order valence-corrected chi connectivity index (χ3v) is 3.70. The maximum atomic E-state index is 13.7. The van der Waals surface area contributed by atoms with E-state index in [9.17, 15) is 14.0 Å². The van der Waals surface area contributed by atoms with E-state index in [1.165, 1.54) is 36.4 Å². The monoisotopic (exact) mass is 335 g/mol. The molecule has 0 aromatic heterocycles. The minimum atomic E-state index is -1.05. The summed E-state index contributed by atoms with van der Waals surface area (Å²) in [5.74, 6) is -2.03. The van der Waals surface area contributed by atoms with Crippen molar-refractivity contribution in [3.8, 4) is 11.1 Å². The number of amides is 1. The Kier molecular flexibility index (Phi) is 4.57. The Balaban J connectivity index is 1.91. The van der Waals surface area contributed by atoms with E-state index in [4.69, 9.17) is 5.11 Å². The van der Waals surface area contributed by atoms with Gasteiger partial charge in [-0.3, -0.25) is 4.79 Å². The number of nitrogens with one attached hydrogen (secondary N) is 1. The van der Waals surface area contributed by atoms with Crippen LogP contribution in [0.3, 0.4) is 0 Å². The zero-order valence-corrected chi connectivity index (χ0v) is 13.1. The molecule has 25 heavy (non-hydrogen) atoms. The minimum Gasteiger partial charge on any atom is -0.478 e. The molecule has 0 spiro atoms. The maximum Gasteiger partial charge on any atom is 0.335 e. The number of halogens is 1. The number of hydrogen-bond acceptors (Lipinski definition) is 2. The normalized spacial score (nSPS) is 10.3. The van der Waals surface area contributed by atoms with Gasteiger partial charge in [-0.25, -0.2) is 9.18 Å². The van der Waals surface area contributed by atoms with E-state index in [0.717, 1.165) is 5.56 Å². The van der Waals surface area contributed by atoms with Crippen LogP contribution in [0.1, 0.15) is 20.7 Å². The van der Waals surface area contributed by atoms with E-state index >= 15 is 0 Å². The van der Waals surface area contributed by atoms with Crippen LogP contribution in [-0.4, -0.2) is 17.0 Å². The molecular formula is C20H14FNO3. The van der Waals surface area contributed by atoms with Gasteiger partial charge in [0.05, 0.1) is 11.1 Å². The molecule has 1 amide bonds. The fraction of sp³-hybridized carbons (Fsp3) is 0. The summed E-state index contributed by atoms with van der Waals surface area (Å²) in [7, 11) is 0. The predicted molar refractivity (Wildman–Crippen MR) is 93.2 cm³/mol. The van der Waals surface area contributed by atoms with E-state index in [2.05, 4.69) is 5.32 Å². The Morgan fingerprint density at radius 2 is 1.56 bits per heavy atom. The highest BCUT2D eigenvalue weighted by Crippen LogP contribution is 2.25. The summed E-state index contributed by atoms with van der Waals surface area (Å²) in [5.41, 5.74) is 2.16. The molecule has 3 rings (SSSR count). The van der Waals surface area contributed by atoms with Crippen molar-refractivity contribution in [3.63, 3.8) is 0 Å². The van der Waals surface area contributed by atoms with Gasteiger partial charge in [-0.1, -0.05) is 36.4 Å². The van der Waals surface area contributed by atoms with E-state index in [0.29, 0.717) is 11.3 Å². The lowest BCUT2D eigenvalue weighted by molar-refractivity contribution is 0.0696. The summed E-state index contributed by atoms with van der Waals surface area (Å²) in [6.45, 7) is 0. The topological polar surface area (TPSA) is 66.4 Å². The van der Waals surface area contributed by atoms with E-state index in [1.807, 2.05) is 30.3 Å². The van der Waals surface area contributed by atoms with Crippen LogP contribution in [0.25, 0.3) is 11.1 Å². The molecule has 0 heterocycles. The highest BCUT2D eigenvalue weighted by atomic mass is 19.1. The van der Waals surface area contributed by atoms with Crippen molar-refractivity contribution in [2.24, 2.45) is 0 Å². The molecule has 3 aromatic rings. The SMILES string of the molecule is O=C(O)c1ccc(NC(=O)c2cc(F)ccc2-c2ccccc2)cc1. The van der Waals surface area contributed by atoms with Crippen molar-refractivity contribution in [1.29, 1.82) is 0 Å². The molecule has 0 fully saturated rings. The molecule has 0 bridgehead atoms. The van der Waals surface area contributed by atoms with E-state index in [-0.39, 0.29) is 11.1 Å². The maximum absolute atomic E-state index is 13.7. The minimum absolute atomic E-state index is 0.119. The van der Waals surface area contributed by atoms with Gasteiger partial charge in [0, 0.05) is 5.69 Å². The first-order valence-electron chi connectivity index (χ1n) is 7.54. The molecule has 0 aliphatic rings. The van der Waals surface area contributed by atoms with Crippen molar-refractivity contribution in [3.05, 3.63) is 89.7 Å². The number of aromatic carboxylic acids is 1. The summed E-state index contributed by atoms with van der Waals surface area (Å²) in [4.78, 5) is 23.5. The third kappa shape index (κ3) is 3.72. The van der Waals surface area contributed by atoms with Crippen LogP contribution < -0.4 is 5.32 Å². The van der Waals surface area contributed by atoms with Crippen LogP contribution in [0.4, 0.5) is 10.1 Å². The number of benzene rings is 3. The lowest BCUT2D eigenvalue weighted by Gasteiger charge is -2.11. The molecule has 0 atom stereocenters. The quantitative estimate of drug-likeness (QED) is 0.740. The first-order chi connectivity index (χ1) is 12.0. The molecule has 0 saturated carbocycles. The summed E-state index contributed by atoms with van der Waals surface area (Å²) < 4.78 is 13.7. The first kappa shape index (κ1) is 16.4. The van der Waals surface area contributed by atoms with Gasteiger partial charge in [-0.05, 0) is 47.5 Å². The van der Waals surface area contributed by atoms with Gasteiger partial charge in [0.1, 0.15) is 5.82 Å². The number of carbonyl (C=O) groups excluding carboxylic acids is 1. The first-order valence-corrected chi connectivity index (χ1v) is 7.54. The number of anilines is 1. The molecule has 0 saturated heterocycles. The second-order valence-electron chi connectivity index (χ2n) is 5.39. The largest absolute Gasteiger partial charge is 0.478 e. The van der Waals surface area contributed by atoms with Crippen LogP contribution in [0.15, 0.2) is 72.8 Å². The highest BCUT2D eigenvalue weighted by molar-refractivity contribution is 6.08. The Hall–Kier alpha value is -3.47. The fourth-order valence-corrected chi connectivity index (χ4v) is 2.47. The zero-order chi connectivity index (χ0) is 17.8. The van der Waals surface area contributed by atoms with Crippen molar-refractivity contribution in [2.75, 3.05) is 5.32 Å². The van der Waals surface area contributed by atoms with Crippen LogP contribution in [-0.2, 0) is 0 Å². The molecule has 3 aromatic carbocycles. The van der Waals surface area contributed by atoms with Crippen molar-refractivity contribution < 1.29 is 19.1 Å². The molecule has 4 nitrogen and oxygen atoms in total. The second-order valence-corrected chi connectivity index (χ2v) is 5.39. The van der Waals surface area contributed by atoms with Crippen molar-refractivity contribution in [2.45, 2.75) is 0 Å². The lowest BCUT2D eigenvalue weighted by Crippen LogP contribution is -2.13. The number of carbonyl (C=O) groups is 2. The molecule has 124 valence electrons. The average Bonchev–Trinajstić information content (AvgIpc) is 2.63. The predicted octanol–water partition coefficient (Wildman–Crippen LogP) is 4.44. The number of carboxylic acids is 1.